The minimum atomic E-state index is -1.16. The van der Waals surface area contributed by atoms with E-state index in [4.69, 9.17) is 20.4 Å². The van der Waals surface area contributed by atoms with Gasteiger partial charge in [0, 0.05) is 6.61 Å². The molecule has 13 heavy (non-hydrogen) atoms. The van der Waals surface area contributed by atoms with Gasteiger partial charge in [0.05, 0.1) is 26.4 Å². The molecule has 0 aromatic carbocycles. The van der Waals surface area contributed by atoms with E-state index in [1.54, 1.807) is 0 Å². The highest BCUT2D eigenvalue weighted by Crippen LogP contribution is 1.82. The number of amides is 1. The van der Waals surface area contributed by atoms with Crippen molar-refractivity contribution in [2.75, 3.05) is 33.0 Å². The molecule has 0 saturated carbocycles. The van der Waals surface area contributed by atoms with Gasteiger partial charge in [0.2, 0.25) is 0 Å². The van der Waals surface area contributed by atoms with Crippen LogP contribution in [0.2, 0.25) is 0 Å². The van der Waals surface area contributed by atoms with Gasteiger partial charge >= 0.3 is 6.09 Å². The fourth-order valence-corrected chi connectivity index (χ4v) is 0.623. The highest BCUT2D eigenvalue weighted by Gasteiger charge is 2.04. The van der Waals surface area contributed by atoms with Crippen LogP contribution in [0.3, 0.4) is 0 Å². The lowest BCUT2D eigenvalue weighted by Crippen LogP contribution is -2.38. The first-order chi connectivity index (χ1) is 6.18. The van der Waals surface area contributed by atoms with E-state index in [-0.39, 0.29) is 13.2 Å². The van der Waals surface area contributed by atoms with Crippen LogP contribution in [0.4, 0.5) is 4.79 Å². The van der Waals surface area contributed by atoms with Crippen LogP contribution in [0.15, 0.2) is 0 Å². The van der Waals surface area contributed by atoms with Crippen LogP contribution < -0.4 is 5.84 Å². The Balaban J connectivity index is 3.11. The van der Waals surface area contributed by atoms with Crippen LogP contribution in [-0.2, 0) is 9.47 Å². The lowest BCUT2D eigenvalue weighted by atomic mass is 10.6. The summed E-state index contributed by atoms with van der Waals surface area (Å²) in [6, 6.07) is 0. The van der Waals surface area contributed by atoms with Crippen LogP contribution in [0.1, 0.15) is 6.92 Å². The van der Waals surface area contributed by atoms with Gasteiger partial charge in [-0.25, -0.2) is 15.6 Å². The van der Waals surface area contributed by atoms with Gasteiger partial charge < -0.3 is 14.6 Å². The summed E-state index contributed by atoms with van der Waals surface area (Å²) in [5.74, 6) is 5.08. The van der Waals surface area contributed by atoms with Gasteiger partial charge in [-0.05, 0) is 6.92 Å². The monoisotopic (exact) mass is 192 g/mol. The lowest BCUT2D eigenvalue weighted by Gasteiger charge is -2.11. The van der Waals surface area contributed by atoms with Crippen LogP contribution >= 0.6 is 0 Å². The van der Waals surface area contributed by atoms with Crippen molar-refractivity contribution in [3.05, 3.63) is 0 Å². The Labute approximate surface area is 77.2 Å². The molecule has 0 radical (unpaired) electrons. The summed E-state index contributed by atoms with van der Waals surface area (Å²) in [6.07, 6.45) is -1.16. The molecule has 0 aliphatic carbocycles. The van der Waals surface area contributed by atoms with E-state index in [0.717, 1.165) is 0 Å². The molecule has 0 aliphatic heterocycles. The number of hydrazine groups is 1. The van der Waals surface area contributed by atoms with Crippen molar-refractivity contribution in [3.8, 4) is 0 Å². The minimum absolute atomic E-state index is 0.168. The summed E-state index contributed by atoms with van der Waals surface area (Å²) in [4.78, 5) is 10.2. The molecule has 0 unspecified atom stereocenters. The number of ether oxygens (including phenoxy) is 2. The maximum atomic E-state index is 10.2. The van der Waals surface area contributed by atoms with E-state index >= 15 is 0 Å². The number of rotatable bonds is 7. The first-order valence-corrected chi connectivity index (χ1v) is 4.09. The molecule has 0 bridgehead atoms. The predicted molar refractivity (Wildman–Crippen MR) is 46.2 cm³/mol. The Hall–Kier alpha value is -0.850. The molecule has 0 rings (SSSR count). The van der Waals surface area contributed by atoms with Gasteiger partial charge in [0.15, 0.2) is 0 Å². The van der Waals surface area contributed by atoms with Crippen molar-refractivity contribution >= 4 is 6.09 Å². The molecule has 1 amide bonds. The quantitative estimate of drug-likeness (QED) is 0.254. The molecule has 0 fully saturated rings. The van der Waals surface area contributed by atoms with E-state index in [1.807, 2.05) is 6.92 Å². The molecular weight excluding hydrogens is 176 g/mol. The zero-order valence-corrected chi connectivity index (χ0v) is 7.73. The van der Waals surface area contributed by atoms with Crippen LogP contribution in [0, 0.1) is 0 Å². The van der Waals surface area contributed by atoms with Gasteiger partial charge in [-0.1, -0.05) is 0 Å². The molecule has 0 spiro atoms. The van der Waals surface area contributed by atoms with E-state index in [1.165, 1.54) is 0 Å². The van der Waals surface area contributed by atoms with Crippen molar-refractivity contribution in [2.45, 2.75) is 6.92 Å². The molecule has 6 nitrogen and oxygen atoms in total. The number of nitrogens with zero attached hydrogens (tertiary/aromatic N) is 1. The topological polar surface area (TPSA) is 85.0 Å². The Kier molecular flexibility index (Phi) is 7.27. The fraction of sp³-hybridized carbons (Fsp3) is 0.857. The number of hydrogen-bond donors (Lipinski definition) is 2. The standard InChI is InChI=1S/C7H16N2O4/c1-2-12-5-6-13-4-3-9(8)7(10)11/h2-6,8H2,1H3,(H,10,11). The van der Waals surface area contributed by atoms with E-state index in [2.05, 4.69) is 0 Å². The summed E-state index contributed by atoms with van der Waals surface area (Å²) in [5, 5.41) is 9.02. The second kappa shape index (κ2) is 7.78. The average molecular weight is 192 g/mol. The van der Waals surface area contributed by atoms with Crippen LogP contribution in [0.25, 0.3) is 0 Å². The Morgan fingerprint density at radius 2 is 2.00 bits per heavy atom. The average Bonchev–Trinajstić information content (AvgIpc) is 2.10. The van der Waals surface area contributed by atoms with E-state index in [9.17, 15) is 4.79 Å². The van der Waals surface area contributed by atoms with Crippen LogP contribution in [-0.4, -0.2) is 49.2 Å². The molecule has 0 aliphatic rings. The predicted octanol–water partition coefficient (Wildman–Crippen LogP) is -0.107. The van der Waals surface area contributed by atoms with E-state index in [0.29, 0.717) is 24.8 Å². The van der Waals surface area contributed by atoms with Crippen molar-refractivity contribution in [1.29, 1.82) is 0 Å². The van der Waals surface area contributed by atoms with Gasteiger partial charge in [0.1, 0.15) is 0 Å². The molecule has 0 aromatic rings. The van der Waals surface area contributed by atoms with Crippen LogP contribution in [0.5, 0.6) is 0 Å². The zero-order valence-electron chi connectivity index (χ0n) is 7.73. The second-order valence-electron chi connectivity index (χ2n) is 2.29. The summed E-state index contributed by atoms with van der Waals surface area (Å²) < 4.78 is 10.0. The maximum Gasteiger partial charge on any atom is 0.421 e. The summed E-state index contributed by atoms with van der Waals surface area (Å²) in [7, 11) is 0. The molecule has 3 N–H and O–H groups in total. The molecule has 78 valence electrons. The van der Waals surface area contributed by atoms with Gasteiger partial charge in [0.25, 0.3) is 0 Å². The molecule has 0 saturated heterocycles. The first kappa shape index (κ1) is 12.2. The first-order valence-electron chi connectivity index (χ1n) is 4.09. The zero-order chi connectivity index (χ0) is 10.1. The lowest BCUT2D eigenvalue weighted by molar-refractivity contribution is 0.0429. The Bertz CT molecular complexity index is 142. The largest absolute Gasteiger partial charge is 0.464 e. The van der Waals surface area contributed by atoms with Gasteiger partial charge in [-0.15, -0.1) is 0 Å². The minimum Gasteiger partial charge on any atom is -0.464 e. The highest BCUT2D eigenvalue weighted by molar-refractivity contribution is 5.63. The smallest absolute Gasteiger partial charge is 0.421 e. The third-order valence-electron chi connectivity index (χ3n) is 1.30. The molecule has 0 atom stereocenters. The number of hydrogen-bond acceptors (Lipinski definition) is 4. The summed E-state index contributed by atoms with van der Waals surface area (Å²) in [6.45, 7) is 3.99. The van der Waals surface area contributed by atoms with Crippen molar-refractivity contribution < 1.29 is 19.4 Å². The third-order valence-corrected chi connectivity index (χ3v) is 1.30. The highest BCUT2D eigenvalue weighted by atomic mass is 16.5. The fourth-order valence-electron chi connectivity index (χ4n) is 0.623. The van der Waals surface area contributed by atoms with E-state index < -0.39 is 6.09 Å². The van der Waals surface area contributed by atoms with Crippen molar-refractivity contribution in [1.82, 2.24) is 5.01 Å². The number of nitrogens with two attached hydrogens (primary N) is 1. The van der Waals surface area contributed by atoms with Gasteiger partial charge in [-0.3, -0.25) is 0 Å². The Morgan fingerprint density at radius 3 is 2.54 bits per heavy atom. The second-order valence-corrected chi connectivity index (χ2v) is 2.29. The summed E-state index contributed by atoms with van der Waals surface area (Å²) in [5.41, 5.74) is 0. The number of carbonyl (C=O) groups is 1. The van der Waals surface area contributed by atoms with Gasteiger partial charge in [-0.2, -0.15) is 0 Å². The van der Waals surface area contributed by atoms with Crippen molar-refractivity contribution in [3.63, 3.8) is 0 Å². The molecule has 0 heterocycles. The third kappa shape index (κ3) is 7.51. The SMILES string of the molecule is CCOCCOCCN(N)C(=O)O. The maximum absolute atomic E-state index is 10.2. The Morgan fingerprint density at radius 1 is 1.38 bits per heavy atom. The molecular formula is C7H16N2O4. The molecule has 6 heteroatoms. The normalized spacial score (nSPS) is 10.0. The van der Waals surface area contributed by atoms with Crippen molar-refractivity contribution in [2.24, 2.45) is 5.84 Å². The number of carboxylic acid groups (broad SMARTS) is 1. The summed E-state index contributed by atoms with van der Waals surface area (Å²) >= 11 is 0. The molecule has 0 aromatic heterocycles.